The largest absolute Gasteiger partial charge is 0.326 e. The minimum atomic E-state index is -0.685. The fourth-order valence-electron chi connectivity index (χ4n) is 4.14. The van der Waals surface area contributed by atoms with Gasteiger partial charge in [0.05, 0.1) is 18.4 Å². The summed E-state index contributed by atoms with van der Waals surface area (Å²) in [4.78, 5) is 18.8. The third-order valence-corrected chi connectivity index (χ3v) is 7.02. The number of carbonyl (C=O) groups is 1. The van der Waals surface area contributed by atoms with Gasteiger partial charge in [-0.05, 0) is 30.5 Å². The van der Waals surface area contributed by atoms with Crippen LogP contribution in [0.25, 0.3) is 11.4 Å². The zero-order valence-electron chi connectivity index (χ0n) is 18.1. The predicted molar refractivity (Wildman–Crippen MR) is 124 cm³/mol. The monoisotopic (exact) mass is 446 g/mol. The summed E-state index contributed by atoms with van der Waals surface area (Å²) in [6.45, 7) is 0.597. The standard InChI is InChI=1S/C24H26N6OS/c1-29(24(18-25)12-6-3-7-13-24)21(31)17-32-23-28-27-22(20-10-14-26-15-11-20)30(23)16-19-8-4-2-5-9-19/h2,4-5,8-11,14-15H,3,6-7,12-13,16-17H2,1H3. The van der Waals surface area contributed by atoms with E-state index in [9.17, 15) is 10.1 Å². The Morgan fingerprint density at radius 2 is 1.84 bits per heavy atom. The van der Waals surface area contributed by atoms with Crippen molar-refractivity contribution in [3.05, 3.63) is 60.4 Å². The van der Waals surface area contributed by atoms with Crippen molar-refractivity contribution in [3.63, 3.8) is 0 Å². The van der Waals surface area contributed by atoms with Gasteiger partial charge in [0.25, 0.3) is 0 Å². The average molecular weight is 447 g/mol. The van der Waals surface area contributed by atoms with Gasteiger partial charge in [-0.15, -0.1) is 10.2 Å². The lowest BCUT2D eigenvalue weighted by Gasteiger charge is -2.39. The average Bonchev–Trinajstić information content (AvgIpc) is 3.25. The van der Waals surface area contributed by atoms with Crippen molar-refractivity contribution < 1.29 is 4.79 Å². The molecular weight excluding hydrogens is 420 g/mol. The van der Waals surface area contributed by atoms with Crippen molar-refractivity contribution in [1.82, 2.24) is 24.6 Å². The third kappa shape index (κ3) is 4.68. The minimum absolute atomic E-state index is 0.0572. The summed E-state index contributed by atoms with van der Waals surface area (Å²) < 4.78 is 2.03. The second kappa shape index (κ2) is 9.96. The highest BCUT2D eigenvalue weighted by Crippen LogP contribution is 2.33. The number of benzene rings is 1. The van der Waals surface area contributed by atoms with Crippen molar-refractivity contribution in [3.8, 4) is 17.5 Å². The van der Waals surface area contributed by atoms with Crippen molar-refractivity contribution in [2.45, 2.75) is 49.3 Å². The molecule has 1 aliphatic carbocycles. The van der Waals surface area contributed by atoms with E-state index in [1.807, 2.05) is 34.9 Å². The number of aromatic nitrogens is 4. The molecule has 2 aromatic heterocycles. The fourth-order valence-corrected chi connectivity index (χ4v) is 4.99. The quantitative estimate of drug-likeness (QED) is 0.506. The van der Waals surface area contributed by atoms with E-state index in [0.29, 0.717) is 11.7 Å². The SMILES string of the molecule is CN(C(=O)CSc1nnc(-c2ccncc2)n1Cc1ccccc1)C1(C#N)CCCCC1. The highest BCUT2D eigenvalue weighted by molar-refractivity contribution is 7.99. The number of rotatable bonds is 7. The number of nitrogens with zero attached hydrogens (tertiary/aromatic N) is 6. The molecular formula is C24H26N6OS. The van der Waals surface area contributed by atoms with Gasteiger partial charge in [0.15, 0.2) is 11.0 Å². The van der Waals surface area contributed by atoms with Crippen LogP contribution in [0.15, 0.2) is 60.0 Å². The van der Waals surface area contributed by atoms with Crippen molar-refractivity contribution >= 4 is 17.7 Å². The zero-order valence-corrected chi connectivity index (χ0v) is 19.0. The smallest absolute Gasteiger partial charge is 0.234 e. The normalized spacial score (nSPS) is 15.1. The van der Waals surface area contributed by atoms with Gasteiger partial charge < -0.3 is 4.90 Å². The summed E-state index contributed by atoms with van der Waals surface area (Å²) in [5.74, 6) is 0.891. The van der Waals surface area contributed by atoms with Crippen LogP contribution in [0.5, 0.6) is 0 Å². The van der Waals surface area contributed by atoms with E-state index in [2.05, 4.69) is 33.4 Å². The summed E-state index contributed by atoms with van der Waals surface area (Å²) in [5, 5.41) is 19.3. The lowest BCUT2D eigenvalue weighted by atomic mass is 9.81. The fraction of sp³-hybridized carbons (Fsp3) is 0.375. The number of carbonyl (C=O) groups excluding carboxylic acids is 1. The van der Waals surface area contributed by atoms with Gasteiger partial charge in [-0.2, -0.15) is 5.26 Å². The zero-order chi connectivity index (χ0) is 22.4. The maximum absolute atomic E-state index is 13.0. The molecule has 0 atom stereocenters. The Kier molecular flexibility index (Phi) is 6.86. The summed E-state index contributed by atoms with van der Waals surface area (Å²) in [7, 11) is 1.76. The Hall–Kier alpha value is -3.18. The summed E-state index contributed by atoms with van der Waals surface area (Å²) in [6.07, 6.45) is 8.04. The van der Waals surface area contributed by atoms with E-state index < -0.39 is 5.54 Å². The van der Waals surface area contributed by atoms with Crippen LogP contribution in [0.2, 0.25) is 0 Å². The molecule has 1 fully saturated rings. The van der Waals surface area contributed by atoms with E-state index in [1.54, 1.807) is 24.3 Å². The van der Waals surface area contributed by atoms with Crippen LogP contribution < -0.4 is 0 Å². The molecule has 0 saturated heterocycles. The number of hydrogen-bond acceptors (Lipinski definition) is 6. The van der Waals surface area contributed by atoms with Crippen molar-refractivity contribution in [1.29, 1.82) is 5.26 Å². The number of thioether (sulfide) groups is 1. The van der Waals surface area contributed by atoms with Gasteiger partial charge >= 0.3 is 0 Å². The third-order valence-electron chi connectivity index (χ3n) is 6.07. The molecule has 164 valence electrons. The van der Waals surface area contributed by atoms with Crippen molar-refractivity contribution in [2.75, 3.05) is 12.8 Å². The molecule has 0 unspecified atom stereocenters. The molecule has 8 heteroatoms. The van der Waals surface area contributed by atoms with Gasteiger partial charge in [0, 0.05) is 25.0 Å². The first kappa shape index (κ1) is 22.0. The van der Waals surface area contributed by atoms with Gasteiger partial charge in [0.1, 0.15) is 5.54 Å². The van der Waals surface area contributed by atoms with E-state index in [0.717, 1.165) is 49.1 Å². The molecule has 2 heterocycles. The molecule has 0 spiro atoms. The van der Waals surface area contributed by atoms with Gasteiger partial charge in [0.2, 0.25) is 5.91 Å². The minimum Gasteiger partial charge on any atom is -0.326 e. The van der Waals surface area contributed by atoms with Crippen LogP contribution in [0, 0.1) is 11.3 Å². The molecule has 7 nitrogen and oxygen atoms in total. The van der Waals surface area contributed by atoms with E-state index in [1.165, 1.54) is 11.8 Å². The number of hydrogen-bond donors (Lipinski definition) is 0. The van der Waals surface area contributed by atoms with Crippen molar-refractivity contribution in [2.24, 2.45) is 0 Å². The topological polar surface area (TPSA) is 87.7 Å². The molecule has 32 heavy (non-hydrogen) atoms. The van der Waals surface area contributed by atoms with E-state index >= 15 is 0 Å². The van der Waals surface area contributed by atoms with Gasteiger partial charge in [-0.3, -0.25) is 14.3 Å². The lowest BCUT2D eigenvalue weighted by Crippen LogP contribution is -2.50. The first-order valence-electron chi connectivity index (χ1n) is 10.8. The molecule has 1 aliphatic rings. The summed E-state index contributed by atoms with van der Waals surface area (Å²) in [5.41, 5.74) is 1.36. The molecule has 1 amide bonds. The molecule has 1 aromatic carbocycles. The highest BCUT2D eigenvalue weighted by atomic mass is 32.2. The first-order chi connectivity index (χ1) is 15.6. The highest BCUT2D eigenvalue weighted by Gasteiger charge is 2.38. The molecule has 0 aliphatic heterocycles. The van der Waals surface area contributed by atoms with Crippen LogP contribution >= 0.6 is 11.8 Å². The lowest BCUT2D eigenvalue weighted by molar-refractivity contribution is -0.131. The summed E-state index contributed by atoms with van der Waals surface area (Å²) >= 11 is 1.36. The van der Waals surface area contributed by atoms with Crippen LogP contribution in [0.1, 0.15) is 37.7 Å². The Balaban J connectivity index is 1.55. The molecule has 0 N–H and O–H groups in total. The molecule has 1 saturated carbocycles. The number of nitriles is 1. The second-order valence-corrected chi connectivity index (χ2v) is 9.00. The Morgan fingerprint density at radius 1 is 1.12 bits per heavy atom. The second-order valence-electron chi connectivity index (χ2n) is 8.06. The molecule has 0 bridgehead atoms. The Labute approximate surface area is 192 Å². The van der Waals surface area contributed by atoms with Crippen LogP contribution in [-0.2, 0) is 11.3 Å². The van der Waals surface area contributed by atoms with Crippen LogP contribution in [-0.4, -0.2) is 48.9 Å². The Morgan fingerprint density at radius 3 is 2.53 bits per heavy atom. The van der Waals surface area contributed by atoms with E-state index in [-0.39, 0.29) is 11.7 Å². The maximum Gasteiger partial charge on any atom is 0.234 e. The molecule has 0 radical (unpaired) electrons. The van der Waals surface area contributed by atoms with E-state index in [4.69, 9.17) is 0 Å². The van der Waals surface area contributed by atoms with Crippen LogP contribution in [0.3, 0.4) is 0 Å². The molecule has 3 aromatic rings. The summed E-state index contributed by atoms with van der Waals surface area (Å²) in [6, 6.07) is 16.3. The molecule has 4 rings (SSSR count). The predicted octanol–water partition coefficient (Wildman–Crippen LogP) is 4.17. The number of pyridine rings is 1. The first-order valence-corrected chi connectivity index (χ1v) is 11.8. The Bertz CT molecular complexity index is 1090. The number of amides is 1. The van der Waals surface area contributed by atoms with Crippen LogP contribution in [0.4, 0.5) is 0 Å². The van der Waals surface area contributed by atoms with Gasteiger partial charge in [-0.25, -0.2) is 0 Å². The van der Waals surface area contributed by atoms with Gasteiger partial charge in [-0.1, -0.05) is 61.4 Å². The maximum atomic E-state index is 13.0.